The van der Waals surface area contributed by atoms with Crippen LogP contribution in [0.4, 0.5) is 5.69 Å². The standard InChI is InChI=1S/C20H27N3O2/c1-16(22-11-14-25-20-3-2-10-21-15-20)17-4-6-18(7-5-17)23-12-8-19(24)9-13-23/h2-7,10,15-16,19,22,24H,8-9,11-14H2,1H3. The number of piperidine rings is 1. The van der Waals surface area contributed by atoms with Crippen molar-refractivity contribution >= 4 is 5.69 Å². The van der Waals surface area contributed by atoms with Crippen molar-refractivity contribution in [2.45, 2.75) is 31.9 Å². The molecule has 0 radical (unpaired) electrons. The maximum atomic E-state index is 9.62. The van der Waals surface area contributed by atoms with Gasteiger partial charge in [0.2, 0.25) is 0 Å². The van der Waals surface area contributed by atoms with E-state index in [1.165, 1.54) is 11.3 Å². The molecule has 3 rings (SSSR count). The van der Waals surface area contributed by atoms with E-state index in [1.54, 1.807) is 12.4 Å². The number of rotatable bonds is 7. The molecule has 25 heavy (non-hydrogen) atoms. The van der Waals surface area contributed by atoms with Crippen LogP contribution in [0, 0.1) is 0 Å². The molecule has 1 unspecified atom stereocenters. The minimum Gasteiger partial charge on any atom is -0.491 e. The van der Waals surface area contributed by atoms with E-state index in [0.717, 1.165) is 38.2 Å². The molecule has 5 heteroatoms. The number of aliphatic hydroxyl groups excluding tert-OH is 1. The summed E-state index contributed by atoms with van der Waals surface area (Å²) in [7, 11) is 0. The van der Waals surface area contributed by atoms with Gasteiger partial charge in [-0.3, -0.25) is 4.98 Å². The Morgan fingerprint density at radius 3 is 2.68 bits per heavy atom. The zero-order chi connectivity index (χ0) is 17.5. The van der Waals surface area contributed by atoms with E-state index in [2.05, 4.69) is 46.4 Å². The Labute approximate surface area is 149 Å². The number of aliphatic hydroxyl groups is 1. The van der Waals surface area contributed by atoms with Crippen LogP contribution in [-0.2, 0) is 0 Å². The first-order valence-electron chi connectivity index (χ1n) is 9.01. The number of nitrogens with zero attached hydrogens (tertiary/aromatic N) is 2. The molecule has 0 amide bonds. The fourth-order valence-electron chi connectivity index (χ4n) is 3.09. The number of benzene rings is 1. The molecule has 1 fully saturated rings. The van der Waals surface area contributed by atoms with Crippen molar-refractivity contribution in [3.05, 3.63) is 54.4 Å². The molecule has 0 aliphatic carbocycles. The average molecular weight is 341 g/mol. The number of nitrogens with one attached hydrogen (secondary N) is 1. The summed E-state index contributed by atoms with van der Waals surface area (Å²) < 4.78 is 5.65. The minimum absolute atomic E-state index is 0.131. The van der Waals surface area contributed by atoms with E-state index in [0.29, 0.717) is 6.61 Å². The molecule has 1 aliphatic heterocycles. The van der Waals surface area contributed by atoms with Crippen molar-refractivity contribution in [2.24, 2.45) is 0 Å². The molecule has 1 aliphatic rings. The fourth-order valence-corrected chi connectivity index (χ4v) is 3.09. The number of aromatic nitrogens is 1. The molecule has 0 spiro atoms. The molecule has 1 atom stereocenters. The number of ether oxygens (including phenoxy) is 1. The maximum absolute atomic E-state index is 9.62. The van der Waals surface area contributed by atoms with Crippen LogP contribution in [0.3, 0.4) is 0 Å². The summed E-state index contributed by atoms with van der Waals surface area (Å²) in [4.78, 5) is 6.38. The Balaban J connectivity index is 1.43. The Morgan fingerprint density at radius 1 is 1.24 bits per heavy atom. The van der Waals surface area contributed by atoms with Gasteiger partial charge in [-0.25, -0.2) is 0 Å². The second-order valence-corrected chi connectivity index (χ2v) is 6.52. The summed E-state index contributed by atoms with van der Waals surface area (Å²) in [5, 5.41) is 13.1. The molecule has 5 nitrogen and oxygen atoms in total. The smallest absolute Gasteiger partial charge is 0.137 e. The average Bonchev–Trinajstić information content (AvgIpc) is 2.67. The van der Waals surface area contributed by atoms with Gasteiger partial charge in [-0.1, -0.05) is 12.1 Å². The normalized spacial score (nSPS) is 16.6. The highest BCUT2D eigenvalue weighted by atomic mass is 16.5. The number of hydrogen-bond acceptors (Lipinski definition) is 5. The van der Waals surface area contributed by atoms with Crippen molar-refractivity contribution in [1.29, 1.82) is 0 Å². The molecule has 1 saturated heterocycles. The Morgan fingerprint density at radius 2 is 2.00 bits per heavy atom. The van der Waals surface area contributed by atoms with Gasteiger partial charge < -0.3 is 20.1 Å². The molecular formula is C20H27N3O2. The largest absolute Gasteiger partial charge is 0.491 e. The van der Waals surface area contributed by atoms with Crippen molar-refractivity contribution in [1.82, 2.24) is 10.3 Å². The van der Waals surface area contributed by atoms with Gasteiger partial charge in [0.15, 0.2) is 0 Å². The second kappa shape index (κ2) is 8.83. The first kappa shape index (κ1) is 17.7. The lowest BCUT2D eigenvalue weighted by Crippen LogP contribution is -2.35. The number of hydrogen-bond donors (Lipinski definition) is 2. The van der Waals surface area contributed by atoms with E-state index in [4.69, 9.17) is 4.74 Å². The van der Waals surface area contributed by atoms with Gasteiger partial charge in [0.05, 0.1) is 12.3 Å². The van der Waals surface area contributed by atoms with Crippen LogP contribution in [0.5, 0.6) is 5.75 Å². The highest BCUT2D eigenvalue weighted by molar-refractivity contribution is 5.48. The van der Waals surface area contributed by atoms with E-state index in [-0.39, 0.29) is 12.1 Å². The van der Waals surface area contributed by atoms with Gasteiger partial charge >= 0.3 is 0 Å². The summed E-state index contributed by atoms with van der Waals surface area (Å²) in [5.41, 5.74) is 2.50. The summed E-state index contributed by atoms with van der Waals surface area (Å²) in [5.74, 6) is 0.799. The third-order valence-electron chi connectivity index (χ3n) is 4.68. The van der Waals surface area contributed by atoms with E-state index < -0.39 is 0 Å². The zero-order valence-corrected chi connectivity index (χ0v) is 14.8. The lowest BCUT2D eigenvalue weighted by molar-refractivity contribution is 0.145. The van der Waals surface area contributed by atoms with Crippen molar-refractivity contribution in [3.63, 3.8) is 0 Å². The van der Waals surface area contributed by atoms with Gasteiger partial charge in [-0.05, 0) is 49.6 Å². The maximum Gasteiger partial charge on any atom is 0.137 e. The van der Waals surface area contributed by atoms with Gasteiger partial charge in [0.25, 0.3) is 0 Å². The van der Waals surface area contributed by atoms with Crippen molar-refractivity contribution in [2.75, 3.05) is 31.1 Å². The van der Waals surface area contributed by atoms with Crippen molar-refractivity contribution in [3.8, 4) is 5.75 Å². The van der Waals surface area contributed by atoms with E-state index in [1.807, 2.05) is 12.1 Å². The first-order chi connectivity index (χ1) is 12.2. The third-order valence-corrected chi connectivity index (χ3v) is 4.68. The number of pyridine rings is 1. The van der Waals surface area contributed by atoms with Gasteiger partial charge in [0.1, 0.15) is 12.4 Å². The van der Waals surface area contributed by atoms with Crippen LogP contribution < -0.4 is 15.0 Å². The van der Waals surface area contributed by atoms with E-state index in [9.17, 15) is 5.11 Å². The topological polar surface area (TPSA) is 57.6 Å². The predicted octanol–water partition coefficient (Wildman–Crippen LogP) is 2.77. The molecule has 2 heterocycles. The molecule has 2 N–H and O–H groups in total. The molecule has 0 saturated carbocycles. The lowest BCUT2D eigenvalue weighted by atomic mass is 10.0. The minimum atomic E-state index is -0.131. The quantitative estimate of drug-likeness (QED) is 0.759. The fraction of sp³-hybridized carbons (Fsp3) is 0.450. The lowest BCUT2D eigenvalue weighted by Gasteiger charge is -2.31. The predicted molar refractivity (Wildman–Crippen MR) is 100 cm³/mol. The molecule has 0 bridgehead atoms. The monoisotopic (exact) mass is 341 g/mol. The van der Waals surface area contributed by atoms with Crippen molar-refractivity contribution < 1.29 is 9.84 Å². The van der Waals surface area contributed by atoms with Gasteiger partial charge in [-0.15, -0.1) is 0 Å². The molecule has 1 aromatic carbocycles. The van der Waals surface area contributed by atoms with Crippen LogP contribution in [0.2, 0.25) is 0 Å². The first-order valence-corrected chi connectivity index (χ1v) is 9.01. The number of anilines is 1. The van der Waals surface area contributed by atoms with Crippen LogP contribution in [-0.4, -0.2) is 42.4 Å². The highest BCUT2D eigenvalue weighted by Crippen LogP contribution is 2.22. The SMILES string of the molecule is CC(NCCOc1cccnc1)c1ccc(N2CCC(O)CC2)cc1. The third kappa shape index (κ3) is 5.18. The summed E-state index contributed by atoms with van der Waals surface area (Å²) in [6.07, 6.45) is 5.05. The van der Waals surface area contributed by atoms with E-state index >= 15 is 0 Å². The Bertz CT molecular complexity index is 625. The van der Waals surface area contributed by atoms with Crippen LogP contribution in [0.1, 0.15) is 31.4 Å². The van der Waals surface area contributed by atoms with Crippen LogP contribution in [0.25, 0.3) is 0 Å². The highest BCUT2D eigenvalue weighted by Gasteiger charge is 2.17. The van der Waals surface area contributed by atoms with Crippen LogP contribution in [0.15, 0.2) is 48.8 Å². The summed E-state index contributed by atoms with van der Waals surface area (Å²) in [6.45, 7) is 5.42. The zero-order valence-electron chi connectivity index (χ0n) is 14.8. The second-order valence-electron chi connectivity index (χ2n) is 6.52. The summed E-state index contributed by atoms with van der Waals surface area (Å²) >= 11 is 0. The Kier molecular flexibility index (Phi) is 6.25. The summed E-state index contributed by atoms with van der Waals surface area (Å²) in [6, 6.07) is 12.8. The molecule has 134 valence electrons. The molecule has 2 aromatic rings. The van der Waals surface area contributed by atoms with Gasteiger partial charge in [0, 0.05) is 37.6 Å². The molecular weight excluding hydrogens is 314 g/mol. The van der Waals surface area contributed by atoms with Gasteiger partial charge in [-0.2, -0.15) is 0 Å². The Hall–Kier alpha value is -2.11. The molecule has 1 aromatic heterocycles. The van der Waals surface area contributed by atoms with Crippen LogP contribution >= 0.6 is 0 Å².